The number of para-hydroxylation sites is 1. The van der Waals surface area contributed by atoms with Gasteiger partial charge in [-0.25, -0.2) is 4.68 Å². The summed E-state index contributed by atoms with van der Waals surface area (Å²) >= 11 is 1.74. The van der Waals surface area contributed by atoms with E-state index < -0.39 is 0 Å². The maximum atomic E-state index is 4.70. The lowest BCUT2D eigenvalue weighted by Crippen LogP contribution is -1.96. The number of fused-ring (bicyclic) bond motifs is 2. The number of hydrogen-bond donors (Lipinski definition) is 0. The van der Waals surface area contributed by atoms with Crippen LogP contribution >= 0.6 is 11.3 Å². The van der Waals surface area contributed by atoms with Crippen LogP contribution in [0.2, 0.25) is 0 Å². The van der Waals surface area contributed by atoms with Crippen LogP contribution in [0.4, 0.5) is 0 Å². The Morgan fingerprint density at radius 1 is 1.13 bits per heavy atom. The zero-order chi connectivity index (χ0) is 15.4. The third kappa shape index (κ3) is 1.88. The average molecular weight is 321 g/mol. The summed E-state index contributed by atoms with van der Waals surface area (Å²) in [6, 6.07) is 12.5. The summed E-state index contributed by atoms with van der Waals surface area (Å²) in [4.78, 5) is 2.34. The van der Waals surface area contributed by atoms with E-state index in [4.69, 9.17) is 5.10 Å². The molecule has 0 bridgehead atoms. The van der Waals surface area contributed by atoms with Crippen LogP contribution in [-0.4, -0.2) is 24.5 Å². The number of aromatic nitrogens is 5. The number of benzene rings is 1. The molecule has 4 aromatic rings. The molecule has 6 heteroatoms. The summed E-state index contributed by atoms with van der Waals surface area (Å²) < 4.78 is 4.28. The van der Waals surface area contributed by atoms with E-state index >= 15 is 0 Å². The number of nitrogens with zero attached hydrogens (tertiary/aromatic N) is 5. The lowest BCUT2D eigenvalue weighted by Gasteiger charge is -2.01. The van der Waals surface area contributed by atoms with Crippen LogP contribution in [0.25, 0.3) is 26.6 Å². The first kappa shape index (κ1) is 13.0. The van der Waals surface area contributed by atoms with Crippen molar-refractivity contribution in [2.24, 2.45) is 0 Å². The molecule has 0 N–H and O–H groups in total. The molecule has 5 rings (SSSR count). The van der Waals surface area contributed by atoms with Crippen LogP contribution in [0, 0.1) is 6.92 Å². The predicted molar refractivity (Wildman–Crippen MR) is 91.0 cm³/mol. The van der Waals surface area contributed by atoms with Gasteiger partial charge in [0.1, 0.15) is 10.7 Å². The Kier molecular flexibility index (Phi) is 2.69. The largest absolute Gasteiger partial charge is 0.310 e. The van der Waals surface area contributed by atoms with Crippen LogP contribution < -0.4 is 0 Å². The van der Waals surface area contributed by atoms with Crippen LogP contribution in [0.3, 0.4) is 0 Å². The fourth-order valence-electron chi connectivity index (χ4n) is 3.23. The fraction of sp³-hybridized carbons (Fsp3) is 0.235. The Hall–Kier alpha value is -2.47. The van der Waals surface area contributed by atoms with E-state index in [1.165, 1.54) is 21.5 Å². The Balaban J connectivity index is 1.71. The second kappa shape index (κ2) is 4.76. The highest BCUT2D eigenvalue weighted by atomic mass is 32.1. The number of thiophene rings is 1. The molecule has 1 aromatic carbocycles. The van der Waals surface area contributed by atoms with Crippen molar-refractivity contribution in [2.45, 2.75) is 26.3 Å². The SMILES string of the molecule is Cc1nn(-c2ccccc2)c2sc(-c3nnc4n3CCC4)cc12. The maximum absolute atomic E-state index is 4.70. The zero-order valence-electron chi connectivity index (χ0n) is 12.7. The summed E-state index contributed by atoms with van der Waals surface area (Å²) in [6.07, 6.45) is 2.20. The molecule has 0 amide bonds. The minimum atomic E-state index is 0.998. The van der Waals surface area contributed by atoms with Crippen molar-refractivity contribution in [3.05, 3.63) is 47.9 Å². The lowest BCUT2D eigenvalue weighted by atomic mass is 10.3. The lowest BCUT2D eigenvalue weighted by molar-refractivity contribution is 0.750. The van der Waals surface area contributed by atoms with E-state index in [0.29, 0.717) is 0 Å². The summed E-state index contributed by atoms with van der Waals surface area (Å²) in [6.45, 7) is 3.09. The third-order valence-corrected chi connectivity index (χ3v) is 5.48. The predicted octanol–water partition coefficient (Wildman–Crippen LogP) is 3.60. The van der Waals surface area contributed by atoms with Crippen molar-refractivity contribution in [1.29, 1.82) is 0 Å². The second-order valence-corrected chi connectivity index (χ2v) is 6.89. The first-order valence-corrected chi connectivity index (χ1v) is 8.60. The molecule has 0 fully saturated rings. The van der Waals surface area contributed by atoms with Gasteiger partial charge in [0.15, 0.2) is 5.82 Å². The van der Waals surface area contributed by atoms with Gasteiger partial charge in [0.2, 0.25) is 0 Å². The summed E-state index contributed by atoms with van der Waals surface area (Å²) in [5.41, 5.74) is 2.14. The smallest absolute Gasteiger partial charge is 0.174 e. The van der Waals surface area contributed by atoms with Gasteiger partial charge in [-0.15, -0.1) is 21.5 Å². The summed E-state index contributed by atoms with van der Waals surface area (Å²) in [7, 11) is 0. The van der Waals surface area contributed by atoms with Crippen molar-refractivity contribution in [1.82, 2.24) is 24.5 Å². The molecule has 114 valence electrons. The van der Waals surface area contributed by atoms with E-state index in [0.717, 1.165) is 36.0 Å². The van der Waals surface area contributed by atoms with Gasteiger partial charge in [-0.2, -0.15) is 5.10 Å². The monoisotopic (exact) mass is 321 g/mol. The molecular formula is C17H15N5S. The van der Waals surface area contributed by atoms with E-state index in [-0.39, 0.29) is 0 Å². The van der Waals surface area contributed by atoms with Gasteiger partial charge in [0, 0.05) is 18.4 Å². The van der Waals surface area contributed by atoms with Crippen molar-refractivity contribution in [3.8, 4) is 16.4 Å². The van der Waals surface area contributed by atoms with Crippen LogP contribution in [0.5, 0.6) is 0 Å². The quantitative estimate of drug-likeness (QED) is 0.567. The van der Waals surface area contributed by atoms with Crippen LogP contribution in [-0.2, 0) is 13.0 Å². The minimum absolute atomic E-state index is 0.998. The van der Waals surface area contributed by atoms with Gasteiger partial charge < -0.3 is 4.57 Å². The minimum Gasteiger partial charge on any atom is -0.310 e. The van der Waals surface area contributed by atoms with Crippen molar-refractivity contribution >= 4 is 21.6 Å². The van der Waals surface area contributed by atoms with Gasteiger partial charge in [-0.05, 0) is 31.5 Å². The maximum Gasteiger partial charge on any atom is 0.174 e. The highest BCUT2D eigenvalue weighted by Gasteiger charge is 2.21. The molecule has 0 radical (unpaired) electrons. The molecule has 0 spiro atoms. The highest BCUT2D eigenvalue weighted by molar-refractivity contribution is 7.21. The molecule has 0 unspecified atom stereocenters. The molecule has 1 aliphatic rings. The molecule has 1 aliphatic heterocycles. The van der Waals surface area contributed by atoms with E-state index in [1.54, 1.807) is 11.3 Å². The molecule has 3 aromatic heterocycles. The molecule has 4 heterocycles. The molecular weight excluding hydrogens is 306 g/mol. The van der Waals surface area contributed by atoms with Gasteiger partial charge in [-0.1, -0.05) is 18.2 Å². The van der Waals surface area contributed by atoms with Crippen molar-refractivity contribution in [2.75, 3.05) is 0 Å². The van der Waals surface area contributed by atoms with Gasteiger partial charge >= 0.3 is 0 Å². The summed E-state index contributed by atoms with van der Waals surface area (Å²) in [5.74, 6) is 2.11. The van der Waals surface area contributed by atoms with Gasteiger partial charge in [0.05, 0.1) is 16.3 Å². The zero-order valence-corrected chi connectivity index (χ0v) is 13.5. The average Bonchev–Trinajstić information content (AvgIpc) is 3.29. The standard InChI is InChI=1S/C17H15N5S/c1-11-13-10-14(16-19-18-15-8-5-9-21(15)16)23-17(13)22(20-11)12-6-3-2-4-7-12/h2-4,6-7,10H,5,8-9H2,1H3. The van der Waals surface area contributed by atoms with Crippen molar-refractivity contribution < 1.29 is 0 Å². The number of rotatable bonds is 2. The molecule has 23 heavy (non-hydrogen) atoms. The molecule has 0 saturated heterocycles. The van der Waals surface area contributed by atoms with Gasteiger partial charge in [0.25, 0.3) is 0 Å². The Bertz CT molecular complexity index is 1010. The third-order valence-electron chi connectivity index (χ3n) is 4.38. The molecule has 5 nitrogen and oxygen atoms in total. The van der Waals surface area contributed by atoms with E-state index in [1.807, 2.05) is 22.9 Å². The van der Waals surface area contributed by atoms with Crippen molar-refractivity contribution in [3.63, 3.8) is 0 Å². The topological polar surface area (TPSA) is 48.5 Å². The van der Waals surface area contributed by atoms with Crippen LogP contribution in [0.15, 0.2) is 36.4 Å². The van der Waals surface area contributed by atoms with E-state index in [9.17, 15) is 0 Å². The Morgan fingerprint density at radius 2 is 2.00 bits per heavy atom. The number of aryl methyl sites for hydroxylation is 2. The number of hydrogen-bond acceptors (Lipinski definition) is 4. The second-order valence-electron chi connectivity index (χ2n) is 5.86. The molecule has 0 saturated carbocycles. The van der Waals surface area contributed by atoms with E-state index in [2.05, 4.69) is 39.9 Å². The first-order valence-electron chi connectivity index (χ1n) is 7.78. The normalized spacial score (nSPS) is 13.8. The summed E-state index contributed by atoms with van der Waals surface area (Å²) in [5, 5.41) is 14.6. The van der Waals surface area contributed by atoms with Gasteiger partial charge in [-0.3, -0.25) is 0 Å². The Labute approximate surface area is 137 Å². The molecule has 0 aliphatic carbocycles. The Morgan fingerprint density at radius 3 is 2.87 bits per heavy atom. The fourth-order valence-corrected chi connectivity index (χ4v) is 4.41. The van der Waals surface area contributed by atoms with Crippen LogP contribution in [0.1, 0.15) is 17.9 Å². The molecule has 0 atom stereocenters. The first-order chi connectivity index (χ1) is 11.3. The highest BCUT2D eigenvalue weighted by Crippen LogP contribution is 2.36.